The van der Waals surface area contributed by atoms with E-state index in [1.807, 2.05) is 13.8 Å². The molecule has 12 heavy (non-hydrogen) atoms. The number of hydrogen-bond acceptors (Lipinski definition) is 2. The number of Topliss-reactive ketones (excluding diaryl/α,β-unsaturated/α-hetero) is 1. The summed E-state index contributed by atoms with van der Waals surface area (Å²) in [7, 11) is 0. The number of carbonyl (C=O) groups is 2. The van der Waals surface area contributed by atoms with E-state index < -0.39 is 0 Å². The van der Waals surface area contributed by atoms with E-state index in [0.29, 0.717) is 5.92 Å². The quantitative estimate of drug-likeness (QED) is 0.442. The summed E-state index contributed by atoms with van der Waals surface area (Å²) in [6, 6.07) is 0. The van der Waals surface area contributed by atoms with Gasteiger partial charge in [0.25, 0.3) is 0 Å². The second-order valence-corrected chi connectivity index (χ2v) is 4.31. The van der Waals surface area contributed by atoms with Gasteiger partial charge in [0, 0.05) is 5.41 Å². The Balaban J connectivity index is 2.85. The van der Waals surface area contributed by atoms with Crippen LogP contribution in [0.25, 0.3) is 0 Å². The van der Waals surface area contributed by atoms with Gasteiger partial charge < -0.3 is 4.79 Å². The van der Waals surface area contributed by atoms with Crippen molar-refractivity contribution in [2.75, 3.05) is 0 Å². The van der Waals surface area contributed by atoms with Crippen LogP contribution in [0.4, 0.5) is 0 Å². The molecule has 0 aromatic heterocycles. The van der Waals surface area contributed by atoms with Crippen molar-refractivity contribution in [2.24, 2.45) is 17.3 Å². The first-order chi connectivity index (χ1) is 5.50. The van der Waals surface area contributed by atoms with Gasteiger partial charge in [0.1, 0.15) is 12.1 Å². The van der Waals surface area contributed by atoms with E-state index in [-0.39, 0.29) is 17.1 Å². The van der Waals surface area contributed by atoms with Gasteiger partial charge in [-0.05, 0) is 18.8 Å². The van der Waals surface area contributed by atoms with Crippen molar-refractivity contribution in [3.63, 3.8) is 0 Å². The van der Waals surface area contributed by atoms with E-state index in [2.05, 4.69) is 6.92 Å². The van der Waals surface area contributed by atoms with Crippen LogP contribution >= 0.6 is 0 Å². The predicted octanol–water partition coefficient (Wildman–Crippen LogP) is 1.83. The van der Waals surface area contributed by atoms with Crippen LogP contribution < -0.4 is 0 Å². The lowest BCUT2D eigenvalue weighted by Gasteiger charge is -2.37. The standard InChI is InChI=1S/C10H16O2/c1-7-4-5-8(6-11)9(12)10(7,2)3/h6-8H,4-5H2,1-3H3/t7-,8?/m0/s1. The second-order valence-electron chi connectivity index (χ2n) is 4.31. The van der Waals surface area contributed by atoms with E-state index in [4.69, 9.17) is 0 Å². The third-order valence-corrected chi connectivity index (χ3v) is 3.28. The molecule has 1 saturated carbocycles. The number of carbonyl (C=O) groups excluding carboxylic acids is 2. The van der Waals surface area contributed by atoms with Crippen LogP contribution in [0.5, 0.6) is 0 Å². The molecule has 0 radical (unpaired) electrons. The molecule has 2 nitrogen and oxygen atoms in total. The maximum Gasteiger partial charge on any atom is 0.148 e. The topological polar surface area (TPSA) is 34.1 Å². The van der Waals surface area contributed by atoms with Gasteiger partial charge in [-0.15, -0.1) is 0 Å². The van der Waals surface area contributed by atoms with Crippen molar-refractivity contribution in [3.05, 3.63) is 0 Å². The smallest absolute Gasteiger partial charge is 0.148 e. The molecule has 2 atom stereocenters. The number of aldehydes is 1. The first-order valence-corrected chi connectivity index (χ1v) is 4.49. The zero-order valence-corrected chi connectivity index (χ0v) is 7.96. The molecule has 0 aromatic carbocycles. The van der Waals surface area contributed by atoms with Gasteiger partial charge in [-0.3, -0.25) is 4.79 Å². The monoisotopic (exact) mass is 168 g/mol. The van der Waals surface area contributed by atoms with Crippen LogP contribution in [0, 0.1) is 17.3 Å². The van der Waals surface area contributed by atoms with Crippen LogP contribution in [0.15, 0.2) is 0 Å². The Kier molecular flexibility index (Phi) is 2.36. The third-order valence-electron chi connectivity index (χ3n) is 3.28. The summed E-state index contributed by atoms with van der Waals surface area (Å²) >= 11 is 0. The van der Waals surface area contributed by atoms with Gasteiger partial charge in [0.15, 0.2) is 0 Å². The van der Waals surface area contributed by atoms with Crippen LogP contribution in [-0.4, -0.2) is 12.1 Å². The summed E-state index contributed by atoms with van der Waals surface area (Å²) in [5.74, 6) is 0.189. The Morgan fingerprint density at radius 3 is 2.50 bits per heavy atom. The largest absolute Gasteiger partial charge is 0.303 e. The summed E-state index contributed by atoms with van der Waals surface area (Å²) in [6.45, 7) is 5.96. The average Bonchev–Trinajstić information content (AvgIpc) is 2.02. The van der Waals surface area contributed by atoms with Gasteiger partial charge in [0.05, 0.1) is 5.92 Å². The van der Waals surface area contributed by atoms with Gasteiger partial charge in [0.2, 0.25) is 0 Å². The molecular weight excluding hydrogens is 152 g/mol. The normalized spacial score (nSPS) is 34.8. The van der Waals surface area contributed by atoms with Gasteiger partial charge in [-0.1, -0.05) is 20.8 Å². The highest BCUT2D eigenvalue weighted by atomic mass is 16.1. The van der Waals surface area contributed by atoms with Crippen LogP contribution in [0.1, 0.15) is 33.6 Å². The zero-order chi connectivity index (χ0) is 9.35. The minimum Gasteiger partial charge on any atom is -0.303 e. The first kappa shape index (κ1) is 9.43. The molecule has 68 valence electrons. The maximum atomic E-state index is 11.7. The van der Waals surface area contributed by atoms with Gasteiger partial charge in [-0.25, -0.2) is 0 Å². The highest BCUT2D eigenvalue weighted by Crippen LogP contribution is 2.39. The summed E-state index contributed by atoms with van der Waals surface area (Å²) in [6.07, 6.45) is 2.53. The lowest BCUT2D eigenvalue weighted by atomic mass is 9.65. The highest BCUT2D eigenvalue weighted by Gasteiger charge is 2.41. The molecule has 0 amide bonds. The fraction of sp³-hybridized carbons (Fsp3) is 0.800. The fourth-order valence-electron chi connectivity index (χ4n) is 1.77. The zero-order valence-electron chi connectivity index (χ0n) is 7.96. The molecule has 2 heteroatoms. The van der Waals surface area contributed by atoms with Crippen molar-refractivity contribution in [1.29, 1.82) is 0 Å². The molecule has 0 heterocycles. The van der Waals surface area contributed by atoms with Crippen molar-refractivity contribution in [1.82, 2.24) is 0 Å². The van der Waals surface area contributed by atoms with Crippen LogP contribution in [0.2, 0.25) is 0 Å². The number of rotatable bonds is 1. The maximum absolute atomic E-state index is 11.7. The molecule has 0 bridgehead atoms. The molecule has 1 fully saturated rings. The molecule has 1 unspecified atom stereocenters. The second kappa shape index (κ2) is 3.00. The van der Waals surface area contributed by atoms with Crippen molar-refractivity contribution in [3.8, 4) is 0 Å². The molecule has 0 aromatic rings. The summed E-state index contributed by atoms with van der Waals surface area (Å²) in [5, 5.41) is 0. The van der Waals surface area contributed by atoms with Crippen molar-refractivity contribution in [2.45, 2.75) is 33.6 Å². The van der Waals surface area contributed by atoms with Gasteiger partial charge >= 0.3 is 0 Å². The van der Waals surface area contributed by atoms with Crippen LogP contribution in [0.3, 0.4) is 0 Å². The Labute approximate surface area is 73.3 Å². The molecule has 1 aliphatic rings. The molecule has 1 rings (SSSR count). The van der Waals surface area contributed by atoms with Gasteiger partial charge in [-0.2, -0.15) is 0 Å². The Hall–Kier alpha value is -0.660. The third kappa shape index (κ3) is 1.30. The lowest BCUT2D eigenvalue weighted by molar-refractivity contribution is -0.140. The average molecular weight is 168 g/mol. The van der Waals surface area contributed by atoms with E-state index in [9.17, 15) is 9.59 Å². The minimum atomic E-state index is -0.337. The molecule has 1 aliphatic carbocycles. The number of hydrogen-bond donors (Lipinski definition) is 0. The number of ketones is 1. The van der Waals surface area contributed by atoms with E-state index in [1.165, 1.54) is 0 Å². The minimum absolute atomic E-state index is 0.122. The molecule has 0 aliphatic heterocycles. The van der Waals surface area contributed by atoms with Crippen LogP contribution in [-0.2, 0) is 9.59 Å². The Morgan fingerprint density at radius 1 is 1.42 bits per heavy atom. The SMILES string of the molecule is C[C@H]1CCC(C=O)C(=O)C1(C)C. The van der Waals surface area contributed by atoms with E-state index in [0.717, 1.165) is 19.1 Å². The fourth-order valence-corrected chi connectivity index (χ4v) is 1.77. The van der Waals surface area contributed by atoms with E-state index >= 15 is 0 Å². The van der Waals surface area contributed by atoms with Crippen molar-refractivity contribution < 1.29 is 9.59 Å². The molecule has 0 spiro atoms. The lowest BCUT2D eigenvalue weighted by Crippen LogP contribution is -2.41. The summed E-state index contributed by atoms with van der Waals surface area (Å²) < 4.78 is 0. The Bertz CT molecular complexity index is 206. The molecular formula is C10H16O2. The van der Waals surface area contributed by atoms with Crippen molar-refractivity contribution >= 4 is 12.1 Å². The Morgan fingerprint density at radius 2 is 2.00 bits per heavy atom. The highest BCUT2D eigenvalue weighted by molar-refractivity contribution is 5.97. The predicted molar refractivity (Wildman–Crippen MR) is 46.7 cm³/mol. The summed E-state index contributed by atoms with van der Waals surface area (Å²) in [4.78, 5) is 22.2. The first-order valence-electron chi connectivity index (χ1n) is 4.49. The van der Waals surface area contributed by atoms with E-state index in [1.54, 1.807) is 0 Å². The molecule has 0 saturated heterocycles. The summed E-state index contributed by atoms with van der Waals surface area (Å²) in [5.41, 5.74) is -0.302. The molecule has 0 N–H and O–H groups in total.